The lowest BCUT2D eigenvalue weighted by molar-refractivity contribution is 0.426. The van der Waals surface area contributed by atoms with Crippen LogP contribution in [-0.2, 0) is 6.42 Å². The molecule has 4 nitrogen and oxygen atoms in total. The fourth-order valence-electron chi connectivity index (χ4n) is 1.75. The van der Waals surface area contributed by atoms with Gasteiger partial charge in [0.2, 0.25) is 0 Å². The van der Waals surface area contributed by atoms with Crippen molar-refractivity contribution in [3.63, 3.8) is 0 Å². The van der Waals surface area contributed by atoms with E-state index in [1.807, 2.05) is 6.33 Å². The van der Waals surface area contributed by atoms with Crippen molar-refractivity contribution >= 4 is 0 Å². The van der Waals surface area contributed by atoms with Crippen LogP contribution in [-0.4, -0.2) is 27.4 Å². The molecule has 0 amide bonds. The van der Waals surface area contributed by atoms with Crippen LogP contribution in [0.2, 0.25) is 0 Å². The molecule has 4 heteroatoms. The van der Waals surface area contributed by atoms with Gasteiger partial charge in [-0.3, -0.25) is 0 Å². The number of nitrogens with zero attached hydrogens (tertiary/aromatic N) is 3. The lowest BCUT2D eigenvalue weighted by Gasteiger charge is -2.17. The highest BCUT2D eigenvalue weighted by Gasteiger charge is 2.25. The SMILES string of the molecule is CC(C)C(C)NCCc1nncn1C1CC1. The molecule has 0 bridgehead atoms. The molecule has 1 heterocycles. The molecule has 1 fully saturated rings. The van der Waals surface area contributed by atoms with Gasteiger partial charge in [0.05, 0.1) is 0 Å². The van der Waals surface area contributed by atoms with Crippen LogP contribution in [0.1, 0.15) is 45.5 Å². The third-order valence-electron chi connectivity index (χ3n) is 3.40. The molecule has 0 aromatic carbocycles. The van der Waals surface area contributed by atoms with Gasteiger partial charge in [-0.05, 0) is 25.7 Å². The normalized spacial score (nSPS) is 18.0. The van der Waals surface area contributed by atoms with Gasteiger partial charge in [-0.25, -0.2) is 0 Å². The summed E-state index contributed by atoms with van der Waals surface area (Å²) < 4.78 is 2.24. The molecule has 1 aromatic rings. The Morgan fingerprint density at radius 2 is 2.19 bits per heavy atom. The van der Waals surface area contributed by atoms with Crippen LogP contribution < -0.4 is 5.32 Å². The fourth-order valence-corrected chi connectivity index (χ4v) is 1.75. The van der Waals surface area contributed by atoms with E-state index in [-0.39, 0.29) is 0 Å². The summed E-state index contributed by atoms with van der Waals surface area (Å²) in [5.74, 6) is 1.81. The monoisotopic (exact) mass is 222 g/mol. The number of hydrogen-bond acceptors (Lipinski definition) is 3. The van der Waals surface area contributed by atoms with Crippen LogP contribution >= 0.6 is 0 Å². The molecular formula is C12H22N4. The molecule has 16 heavy (non-hydrogen) atoms. The minimum atomic E-state index is 0.567. The van der Waals surface area contributed by atoms with Crippen molar-refractivity contribution in [1.82, 2.24) is 20.1 Å². The van der Waals surface area contributed by atoms with Gasteiger partial charge in [0, 0.05) is 25.0 Å². The summed E-state index contributed by atoms with van der Waals surface area (Å²) in [7, 11) is 0. The van der Waals surface area contributed by atoms with E-state index in [9.17, 15) is 0 Å². The van der Waals surface area contributed by atoms with E-state index >= 15 is 0 Å². The minimum Gasteiger partial charge on any atom is -0.314 e. The highest BCUT2D eigenvalue weighted by atomic mass is 15.3. The smallest absolute Gasteiger partial charge is 0.134 e. The molecular weight excluding hydrogens is 200 g/mol. The third-order valence-corrected chi connectivity index (χ3v) is 3.40. The van der Waals surface area contributed by atoms with E-state index in [0.717, 1.165) is 18.8 Å². The lowest BCUT2D eigenvalue weighted by atomic mass is 10.1. The maximum absolute atomic E-state index is 4.19. The topological polar surface area (TPSA) is 42.7 Å². The Labute approximate surface area is 97.5 Å². The second kappa shape index (κ2) is 4.95. The van der Waals surface area contributed by atoms with Gasteiger partial charge in [0.25, 0.3) is 0 Å². The van der Waals surface area contributed by atoms with Gasteiger partial charge in [-0.15, -0.1) is 10.2 Å². The van der Waals surface area contributed by atoms with Gasteiger partial charge < -0.3 is 9.88 Å². The molecule has 1 unspecified atom stereocenters. The van der Waals surface area contributed by atoms with Gasteiger partial charge in [0.1, 0.15) is 12.2 Å². The molecule has 1 aliphatic carbocycles. The van der Waals surface area contributed by atoms with Gasteiger partial charge >= 0.3 is 0 Å². The average molecular weight is 222 g/mol. The fraction of sp³-hybridized carbons (Fsp3) is 0.833. The summed E-state index contributed by atoms with van der Waals surface area (Å²) in [4.78, 5) is 0. The third kappa shape index (κ3) is 2.82. The summed E-state index contributed by atoms with van der Waals surface area (Å²) >= 11 is 0. The van der Waals surface area contributed by atoms with E-state index in [1.54, 1.807) is 0 Å². The van der Waals surface area contributed by atoms with Crippen molar-refractivity contribution in [3.8, 4) is 0 Å². The van der Waals surface area contributed by atoms with Crippen LogP contribution in [0.15, 0.2) is 6.33 Å². The number of rotatable bonds is 6. The molecule has 0 aliphatic heterocycles. The Kier molecular flexibility index (Phi) is 3.59. The van der Waals surface area contributed by atoms with E-state index in [2.05, 4.69) is 40.9 Å². The predicted octanol–water partition coefficient (Wildman–Crippen LogP) is 1.79. The number of aromatic nitrogens is 3. The molecule has 1 aromatic heterocycles. The minimum absolute atomic E-state index is 0.567. The van der Waals surface area contributed by atoms with E-state index < -0.39 is 0 Å². The first-order chi connectivity index (χ1) is 7.68. The van der Waals surface area contributed by atoms with Crippen molar-refractivity contribution in [2.24, 2.45) is 5.92 Å². The Hall–Kier alpha value is -0.900. The largest absolute Gasteiger partial charge is 0.314 e. The summed E-state index contributed by atoms with van der Waals surface area (Å²) in [6.07, 6.45) is 5.44. The molecule has 1 atom stereocenters. The molecule has 1 N–H and O–H groups in total. The molecule has 1 aliphatic rings. The van der Waals surface area contributed by atoms with Crippen LogP contribution in [0.4, 0.5) is 0 Å². The quantitative estimate of drug-likeness (QED) is 0.798. The summed E-state index contributed by atoms with van der Waals surface area (Å²) in [5, 5.41) is 11.7. The Bertz CT molecular complexity index is 328. The van der Waals surface area contributed by atoms with Crippen LogP contribution in [0.3, 0.4) is 0 Å². The van der Waals surface area contributed by atoms with E-state index in [1.165, 1.54) is 12.8 Å². The van der Waals surface area contributed by atoms with E-state index in [4.69, 9.17) is 0 Å². The van der Waals surface area contributed by atoms with Crippen LogP contribution in [0, 0.1) is 5.92 Å². The number of nitrogens with one attached hydrogen (secondary N) is 1. The van der Waals surface area contributed by atoms with Gasteiger partial charge in [-0.2, -0.15) is 0 Å². The lowest BCUT2D eigenvalue weighted by Crippen LogP contribution is -2.32. The zero-order valence-corrected chi connectivity index (χ0v) is 10.5. The highest BCUT2D eigenvalue weighted by Crippen LogP contribution is 2.35. The number of hydrogen-bond donors (Lipinski definition) is 1. The molecule has 0 spiro atoms. The van der Waals surface area contributed by atoms with Crippen molar-refractivity contribution in [2.45, 2.75) is 52.1 Å². The molecule has 0 saturated heterocycles. The zero-order chi connectivity index (χ0) is 11.5. The van der Waals surface area contributed by atoms with Gasteiger partial charge in [-0.1, -0.05) is 13.8 Å². The maximum Gasteiger partial charge on any atom is 0.134 e. The Morgan fingerprint density at radius 3 is 2.81 bits per heavy atom. The van der Waals surface area contributed by atoms with Gasteiger partial charge in [0.15, 0.2) is 0 Å². The Balaban J connectivity index is 1.78. The van der Waals surface area contributed by atoms with Crippen molar-refractivity contribution < 1.29 is 0 Å². The van der Waals surface area contributed by atoms with Crippen LogP contribution in [0.5, 0.6) is 0 Å². The average Bonchev–Trinajstić information content (AvgIpc) is 2.99. The molecule has 1 saturated carbocycles. The summed E-state index contributed by atoms with van der Waals surface area (Å²) in [5.41, 5.74) is 0. The first-order valence-corrected chi connectivity index (χ1v) is 6.30. The maximum atomic E-state index is 4.19. The zero-order valence-electron chi connectivity index (χ0n) is 10.5. The van der Waals surface area contributed by atoms with Crippen LogP contribution in [0.25, 0.3) is 0 Å². The van der Waals surface area contributed by atoms with E-state index in [0.29, 0.717) is 18.0 Å². The first kappa shape index (κ1) is 11.6. The second-order valence-corrected chi connectivity index (χ2v) is 5.12. The summed E-state index contributed by atoms with van der Waals surface area (Å²) in [6, 6.07) is 1.25. The predicted molar refractivity (Wildman–Crippen MR) is 64.3 cm³/mol. The molecule has 0 radical (unpaired) electrons. The standard InChI is InChI=1S/C12H22N4/c1-9(2)10(3)13-7-6-12-15-14-8-16(12)11-4-5-11/h8-11,13H,4-7H2,1-3H3. The van der Waals surface area contributed by atoms with Crippen molar-refractivity contribution in [1.29, 1.82) is 0 Å². The second-order valence-electron chi connectivity index (χ2n) is 5.12. The van der Waals surface area contributed by atoms with Crippen molar-refractivity contribution in [2.75, 3.05) is 6.54 Å². The molecule has 90 valence electrons. The highest BCUT2D eigenvalue weighted by molar-refractivity contribution is 4.95. The van der Waals surface area contributed by atoms with Crippen molar-refractivity contribution in [3.05, 3.63) is 12.2 Å². The summed E-state index contributed by atoms with van der Waals surface area (Å²) in [6.45, 7) is 7.70. The Morgan fingerprint density at radius 1 is 1.44 bits per heavy atom. The molecule has 2 rings (SSSR count). The first-order valence-electron chi connectivity index (χ1n) is 6.30.